The van der Waals surface area contributed by atoms with Gasteiger partial charge in [-0.3, -0.25) is 13.9 Å². The van der Waals surface area contributed by atoms with Gasteiger partial charge in [-0.1, -0.05) is 11.8 Å². The van der Waals surface area contributed by atoms with Crippen molar-refractivity contribution in [3.63, 3.8) is 0 Å². The second-order valence-electron chi connectivity index (χ2n) is 5.06. The number of rotatable bonds is 2. The smallest absolute Gasteiger partial charge is 0.282 e. The van der Waals surface area contributed by atoms with Gasteiger partial charge in [-0.25, -0.2) is 9.97 Å². The average Bonchev–Trinajstić information content (AvgIpc) is 2.92. The Hall–Kier alpha value is -1.46. The molecule has 3 rings (SSSR count). The average molecular weight is 328 g/mol. The van der Waals surface area contributed by atoms with Gasteiger partial charge in [0.2, 0.25) is 0 Å². The minimum atomic E-state index is -1.36. The summed E-state index contributed by atoms with van der Waals surface area (Å²) in [6.07, 6.45) is -1.71. The molecule has 1 aliphatic heterocycles. The quantitative estimate of drug-likeness (QED) is 0.448. The zero-order valence-corrected chi connectivity index (χ0v) is 12.8. The van der Waals surface area contributed by atoms with E-state index in [1.807, 2.05) is 0 Å². The molecule has 0 saturated carbocycles. The summed E-state index contributed by atoms with van der Waals surface area (Å²) in [6, 6.07) is 0. The molecule has 1 saturated heterocycles. The molecule has 0 radical (unpaired) electrons. The van der Waals surface area contributed by atoms with Crippen LogP contribution in [0.25, 0.3) is 11.2 Å². The summed E-state index contributed by atoms with van der Waals surface area (Å²) in [6.45, 7) is -0.136. The van der Waals surface area contributed by atoms with Crippen LogP contribution in [0.3, 0.4) is 0 Å². The number of aliphatic hydroxyl groups is 3. The highest BCUT2D eigenvalue weighted by Crippen LogP contribution is 2.26. The molecule has 4 atom stereocenters. The van der Waals surface area contributed by atoms with Gasteiger partial charge in [-0.15, -0.1) is 0 Å². The third kappa shape index (κ3) is 2.23. The predicted molar refractivity (Wildman–Crippen MR) is 77.6 cm³/mol. The largest absolute Gasteiger partial charge is 0.388 e. The van der Waals surface area contributed by atoms with Crippen molar-refractivity contribution in [1.82, 2.24) is 19.1 Å². The maximum Gasteiger partial charge on any atom is 0.282 e. The van der Waals surface area contributed by atoms with Gasteiger partial charge >= 0.3 is 0 Å². The maximum atomic E-state index is 12.2. The molecule has 0 unspecified atom stereocenters. The molecule has 0 aromatic carbocycles. The maximum absolute atomic E-state index is 12.2. The summed E-state index contributed by atoms with van der Waals surface area (Å²) >= 11 is 1.30. The van der Waals surface area contributed by atoms with Gasteiger partial charge in [0.1, 0.15) is 18.3 Å². The molecule has 22 heavy (non-hydrogen) atoms. The first-order valence-electron chi connectivity index (χ1n) is 6.59. The fraction of sp³-hybridized carbons (Fsp3) is 0.583. The Labute approximate surface area is 129 Å². The number of thioether (sulfide) groups is 1. The molecular weight excluding hydrogens is 312 g/mol. The van der Waals surface area contributed by atoms with Crippen LogP contribution in [0.1, 0.15) is 6.23 Å². The molecule has 9 nitrogen and oxygen atoms in total. The van der Waals surface area contributed by atoms with Gasteiger partial charge < -0.3 is 20.1 Å². The number of aliphatic hydroxyl groups excluding tert-OH is 3. The van der Waals surface area contributed by atoms with Crippen molar-refractivity contribution < 1.29 is 20.1 Å². The lowest BCUT2D eigenvalue weighted by molar-refractivity contribution is -0.210. The third-order valence-electron chi connectivity index (χ3n) is 3.69. The second-order valence-corrected chi connectivity index (χ2v) is 5.83. The number of fused-ring (bicyclic) bond motifs is 1. The van der Waals surface area contributed by atoms with Crippen molar-refractivity contribution in [1.29, 1.82) is 0 Å². The van der Waals surface area contributed by atoms with E-state index in [2.05, 4.69) is 9.97 Å². The lowest BCUT2D eigenvalue weighted by atomic mass is 10.0. The lowest BCUT2D eigenvalue weighted by Gasteiger charge is -2.35. The molecule has 0 spiro atoms. The normalized spacial score (nSPS) is 29.1. The number of imidazole rings is 1. The van der Waals surface area contributed by atoms with Crippen LogP contribution in [-0.4, -0.2) is 65.6 Å². The van der Waals surface area contributed by atoms with E-state index in [0.29, 0.717) is 5.16 Å². The van der Waals surface area contributed by atoms with Crippen molar-refractivity contribution >= 4 is 22.9 Å². The van der Waals surface area contributed by atoms with Crippen LogP contribution >= 0.6 is 11.8 Å². The van der Waals surface area contributed by atoms with E-state index in [1.165, 1.54) is 27.2 Å². The highest BCUT2D eigenvalue weighted by atomic mass is 32.2. The van der Waals surface area contributed by atoms with E-state index in [9.17, 15) is 20.1 Å². The Morgan fingerprint density at radius 2 is 2.09 bits per heavy atom. The van der Waals surface area contributed by atoms with E-state index >= 15 is 0 Å². The van der Waals surface area contributed by atoms with E-state index in [1.54, 1.807) is 13.3 Å². The first kappa shape index (κ1) is 15.4. The summed E-state index contributed by atoms with van der Waals surface area (Å²) in [5.41, 5.74) is 0.107. The van der Waals surface area contributed by atoms with Gasteiger partial charge in [0.25, 0.3) is 5.56 Å². The van der Waals surface area contributed by atoms with Crippen molar-refractivity contribution in [2.24, 2.45) is 7.05 Å². The minimum Gasteiger partial charge on any atom is -0.388 e. The van der Waals surface area contributed by atoms with Gasteiger partial charge in [0.05, 0.1) is 12.9 Å². The van der Waals surface area contributed by atoms with E-state index in [0.717, 1.165) is 0 Å². The molecule has 10 heteroatoms. The Kier molecular flexibility index (Phi) is 3.95. The molecule has 2 aromatic heterocycles. The van der Waals surface area contributed by atoms with Gasteiger partial charge in [-0.2, -0.15) is 0 Å². The Morgan fingerprint density at radius 1 is 1.36 bits per heavy atom. The Morgan fingerprint density at radius 3 is 2.77 bits per heavy atom. The molecule has 0 aliphatic carbocycles. The van der Waals surface area contributed by atoms with E-state index in [-0.39, 0.29) is 23.3 Å². The molecule has 0 amide bonds. The van der Waals surface area contributed by atoms with Crippen molar-refractivity contribution in [2.75, 3.05) is 12.9 Å². The number of hydrogen-bond donors (Lipinski definition) is 3. The van der Waals surface area contributed by atoms with Crippen LogP contribution in [0, 0.1) is 0 Å². The summed E-state index contributed by atoms with van der Waals surface area (Å²) < 4.78 is 8.17. The summed E-state index contributed by atoms with van der Waals surface area (Å²) in [4.78, 5) is 20.6. The number of aromatic nitrogens is 4. The summed E-state index contributed by atoms with van der Waals surface area (Å²) in [5, 5.41) is 29.9. The molecule has 3 heterocycles. The Bertz CT molecular complexity index is 760. The zero-order chi connectivity index (χ0) is 16.0. The van der Waals surface area contributed by atoms with Gasteiger partial charge in [0.15, 0.2) is 22.5 Å². The molecule has 1 aliphatic rings. The third-order valence-corrected chi connectivity index (χ3v) is 4.42. The topological polar surface area (TPSA) is 123 Å². The fourth-order valence-electron chi connectivity index (χ4n) is 2.43. The molecule has 120 valence electrons. The number of hydrogen-bond acceptors (Lipinski definition) is 8. The second kappa shape index (κ2) is 5.63. The minimum absolute atomic E-state index is 0.136. The van der Waals surface area contributed by atoms with Crippen LogP contribution in [-0.2, 0) is 11.8 Å². The monoisotopic (exact) mass is 328 g/mol. The van der Waals surface area contributed by atoms with Crippen LogP contribution in [0.5, 0.6) is 0 Å². The van der Waals surface area contributed by atoms with Crippen molar-refractivity contribution in [2.45, 2.75) is 29.7 Å². The van der Waals surface area contributed by atoms with Crippen molar-refractivity contribution in [3.8, 4) is 0 Å². The van der Waals surface area contributed by atoms with Gasteiger partial charge in [0, 0.05) is 7.05 Å². The molecule has 3 N–H and O–H groups in total. The van der Waals surface area contributed by atoms with Crippen LogP contribution in [0.4, 0.5) is 0 Å². The lowest BCUT2D eigenvalue weighted by Crippen LogP contribution is -2.50. The standard InChI is InChI=1S/C12H16N4O5S/c1-15-10(20)6-9(14-12(15)22-2)16(4-13-6)11-8(19)7(18)5(17)3-21-11/h4-5,7-8,11,17-19H,3H2,1-2H3/t5-,7-,8-,11-/m1/s1. The molecule has 1 fully saturated rings. The highest BCUT2D eigenvalue weighted by Gasteiger charge is 2.39. The first-order valence-corrected chi connectivity index (χ1v) is 7.81. The number of nitrogens with zero attached hydrogens (tertiary/aromatic N) is 4. The van der Waals surface area contributed by atoms with Crippen LogP contribution in [0.15, 0.2) is 16.3 Å². The van der Waals surface area contributed by atoms with Crippen LogP contribution < -0.4 is 5.56 Å². The van der Waals surface area contributed by atoms with E-state index < -0.39 is 24.5 Å². The van der Waals surface area contributed by atoms with Crippen LogP contribution in [0.2, 0.25) is 0 Å². The molecular formula is C12H16N4O5S. The molecule has 0 bridgehead atoms. The SMILES string of the molecule is CSc1nc2c(ncn2[C@@H]2OC[C@@H](O)[C@@H](O)[C@H]2O)c(=O)n1C. The summed E-state index contributed by atoms with van der Waals surface area (Å²) in [5.74, 6) is 0. The molecule has 2 aromatic rings. The van der Waals surface area contributed by atoms with Crippen molar-refractivity contribution in [3.05, 3.63) is 16.7 Å². The zero-order valence-electron chi connectivity index (χ0n) is 11.9. The first-order chi connectivity index (χ1) is 10.5. The Balaban J connectivity index is 2.12. The highest BCUT2D eigenvalue weighted by molar-refractivity contribution is 7.98. The fourth-order valence-corrected chi connectivity index (χ4v) is 2.97. The van der Waals surface area contributed by atoms with Gasteiger partial charge in [-0.05, 0) is 6.26 Å². The van der Waals surface area contributed by atoms with E-state index in [4.69, 9.17) is 4.74 Å². The predicted octanol–water partition coefficient (Wildman–Crippen LogP) is -1.54. The number of ether oxygens (including phenoxy) is 1. The summed E-state index contributed by atoms with van der Waals surface area (Å²) in [7, 11) is 1.60.